The number of benzene rings is 1. The lowest BCUT2D eigenvalue weighted by Crippen LogP contribution is -2.08. The molecule has 0 saturated heterocycles. The summed E-state index contributed by atoms with van der Waals surface area (Å²) in [5.41, 5.74) is -0.0654. The average Bonchev–Trinajstić information content (AvgIpc) is 2.12. The van der Waals surface area contributed by atoms with Gasteiger partial charge in [-0.2, -0.15) is 0 Å². The van der Waals surface area contributed by atoms with Crippen molar-refractivity contribution in [3.63, 3.8) is 0 Å². The quantitative estimate of drug-likeness (QED) is 0.724. The van der Waals surface area contributed by atoms with Crippen LogP contribution >= 0.6 is 0 Å². The Labute approximate surface area is 91.0 Å². The molecule has 0 atom stereocenters. The van der Waals surface area contributed by atoms with Crippen LogP contribution in [0.5, 0.6) is 5.75 Å². The second kappa shape index (κ2) is 5.18. The molecule has 1 nitrogen and oxygen atoms in total. The minimum atomic E-state index is -2.67. The fourth-order valence-corrected chi connectivity index (χ4v) is 1.36. The molecule has 0 fully saturated rings. The largest absolute Gasteiger partial charge is 0.487 e. The van der Waals surface area contributed by atoms with Gasteiger partial charge in [-0.3, -0.25) is 0 Å². The molecule has 0 radical (unpaired) electrons. The highest BCUT2D eigenvalue weighted by Crippen LogP contribution is 2.26. The van der Waals surface area contributed by atoms with Gasteiger partial charge in [-0.25, -0.2) is 17.6 Å². The summed E-state index contributed by atoms with van der Waals surface area (Å²) in [6.07, 6.45) is -2.67. The minimum absolute atomic E-state index is 0.0654. The van der Waals surface area contributed by atoms with Gasteiger partial charge < -0.3 is 4.74 Å². The Morgan fingerprint density at radius 3 is 2.00 bits per heavy atom. The van der Waals surface area contributed by atoms with E-state index in [2.05, 4.69) is 4.74 Å². The number of hydrogen-bond acceptors (Lipinski definition) is 1. The summed E-state index contributed by atoms with van der Waals surface area (Å²) in [5.74, 6) is -2.10. The van der Waals surface area contributed by atoms with Crippen molar-refractivity contribution in [2.45, 2.75) is 26.2 Å². The molecule has 0 spiro atoms. The highest BCUT2D eigenvalue weighted by Gasteiger charge is 2.15. The Balaban J connectivity index is 2.92. The molecule has 16 heavy (non-hydrogen) atoms. The predicted octanol–water partition coefficient (Wildman–Crippen LogP) is 3.73. The lowest BCUT2D eigenvalue weighted by atomic mass is 10.0. The molecule has 0 N–H and O–H groups in total. The smallest absolute Gasteiger partial charge is 0.272 e. The van der Waals surface area contributed by atoms with Crippen molar-refractivity contribution in [3.05, 3.63) is 29.3 Å². The average molecular weight is 236 g/mol. The Kier molecular flexibility index (Phi) is 4.15. The summed E-state index contributed by atoms with van der Waals surface area (Å²) in [6, 6.07) is 1.83. The second-order valence-corrected chi connectivity index (χ2v) is 3.66. The SMILES string of the molecule is CC(C)c1c(F)cc(OCC(F)F)cc1F. The third kappa shape index (κ3) is 3.12. The van der Waals surface area contributed by atoms with Gasteiger partial charge in [-0.05, 0) is 5.92 Å². The Bertz CT molecular complexity index is 340. The first-order valence-corrected chi connectivity index (χ1v) is 4.81. The molecule has 0 aliphatic rings. The highest BCUT2D eigenvalue weighted by atomic mass is 19.3. The molecule has 1 aromatic carbocycles. The molecule has 1 aromatic rings. The summed E-state index contributed by atoms with van der Waals surface area (Å²) in [7, 11) is 0. The number of rotatable bonds is 4. The monoisotopic (exact) mass is 236 g/mol. The Hall–Kier alpha value is -1.26. The van der Waals surface area contributed by atoms with Gasteiger partial charge in [0.2, 0.25) is 0 Å². The number of halogens is 4. The standard InChI is InChI=1S/C11H12F4O/c1-6(2)11-8(12)3-7(4-9(11)13)16-5-10(14)15/h3-4,6,10H,5H2,1-2H3. The normalized spacial score (nSPS) is 11.2. The first kappa shape index (κ1) is 12.8. The van der Waals surface area contributed by atoms with Crippen LogP contribution < -0.4 is 4.74 Å². The molecular formula is C11H12F4O. The van der Waals surface area contributed by atoms with Crippen molar-refractivity contribution >= 4 is 0 Å². The molecule has 0 bridgehead atoms. The van der Waals surface area contributed by atoms with E-state index in [1.54, 1.807) is 13.8 Å². The van der Waals surface area contributed by atoms with Crippen LogP contribution in [-0.2, 0) is 0 Å². The zero-order valence-electron chi connectivity index (χ0n) is 8.94. The molecule has 0 amide bonds. The van der Waals surface area contributed by atoms with Crippen molar-refractivity contribution < 1.29 is 22.3 Å². The van der Waals surface area contributed by atoms with Crippen LogP contribution in [0.15, 0.2) is 12.1 Å². The van der Waals surface area contributed by atoms with E-state index >= 15 is 0 Å². The van der Waals surface area contributed by atoms with Crippen LogP contribution in [0.25, 0.3) is 0 Å². The molecule has 0 aliphatic heterocycles. The molecule has 90 valence electrons. The topological polar surface area (TPSA) is 9.23 Å². The maximum Gasteiger partial charge on any atom is 0.272 e. The minimum Gasteiger partial charge on any atom is -0.487 e. The predicted molar refractivity (Wildman–Crippen MR) is 51.9 cm³/mol. The van der Waals surface area contributed by atoms with E-state index in [1.807, 2.05) is 0 Å². The van der Waals surface area contributed by atoms with Crippen molar-refractivity contribution in [2.75, 3.05) is 6.61 Å². The van der Waals surface area contributed by atoms with Gasteiger partial charge in [0.15, 0.2) is 0 Å². The zero-order valence-corrected chi connectivity index (χ0v) is 8.94. The number of hydrogen-bond donors (Lipinski definition) is 0. The summed E-state index contributed by atoms with van der Waals surface area (Å²) in [5, 5.41) is 0. The second-order valence-electron chi connectivity index (χ2n) is 3.66. The highest BCUT2D eigenvalue weighted by molar-refractivity contribution is 5.32. The van der Waals surface area contributed by atoms with Gasteiger partial charge in [0, 0.05) is 17.7 Å². The summed E-state index contributed by atoms with van der Waals surface area (Å²) < 4.78 is 54.9. The molecular weight excluding hydrogens is 224 g/mol. The number of alkyl halides is 2. The lowest BCUT2D eigenvalue weighted by molar-refractivity contribution is 0.0815. The molecule has 0 heterocycles. The molecule has 0 unspecified atom stereocenters. The van der Waals surface area contributed by atoms with E-state index in [0.29, 0.717) is 0 Å². The van der Waals surface area contributed by atoms with Crippen molar-refractivity contribution in [1.82, 2.24) is 0 Å². The van der Waals surface area contributed by atoms with E-state index in [1.165, 1.54) is 0 Å². The van der Waals surface area contributed by atoms with Crippen LogP contribution in [0.4, 0.5) is 17.6 Å². The van der Waals surface area contributed by atoms with Crippen LogP contribution in [0.1, 0.15) is 25.3 Å². The van der Waals surface area contributed by atoms with Crippen LogP contribution in [0.3, 0.4) is 0 Å². The fraction of sp³-hybridized carbons (Fsp3) is 0.455. The molecule has 5 heteroatoms. The maximum atomic E-state index is 13.4. The van der Waals surface area contributed by atoms with Crippen LogP contribution in [-0.4, -0.2) is 13.0 Å². The van der Waals surface area contributed by atoms with Crippen molar-refractivity contribution in [3.8, 4) is 5.75 Å². The first-order chi connectivity index (χ1) is 7.41. The molecule has 0 aliphatic carbocycles. The van der Waals surface area contributed by atoms with Gasteiger partial charge >= 0.3 is 0 Å². The van der Waals surface area contributed by atoms with E-state index in [9.17, 15) is 17.6 Å². The van der Waals surface area contributed by atoms with E-state index in [4.69, 9.17) is 0 Å². The van der Waals surface area contributed by atoms with E-state index in [-0.39, 0.29) is 17.2 Å². The molecule has 0 saturated carbocycles. The van der Waals surface area contributed by atoms with Gasteiger partial charge in [0.1, 0.15) is 24.0 Å². The lowest BCUT2D eigenvalue weighted by Gasteiger charge is -2.11. The summed E-state index contributed by atoms with van der Waals surface area (Å²) in [4.78, 5) is 0. The fourth-order valence-electron chi connectivity index (χ4n) is 1.36. The molecule has 1 rings (SSSR count). The van der Waals surface area contributed by atoms with Crippen molar-refractivity contribution in [1.29, 1.82) is 0 Å². The van der Waals surface area contributed by atoms with Gasteiger partial charge in [-0.15, -0.1) is 0 Å². The molecule has 0 aromatic heterocycles. The third-order valence-corrected chi connectivity index (χ3v) is 2.01. The first-order valence-electron chi connectivity index (χ1n) is 4.81. The van der Waals surface area contributed by atoms with E-state index < -0.39 is 24.7 Å². The Morgan fingerprint density at radius 1 is 1.12 bits per heavy atom. The van der Waals surface area contributed by atoms with Crippen LogP contribution in [0, 0.1) is 11.6 Å². The van der Waals surface area contributed by atoms with Gasteiger partial charge in [0.05, 0.1) is 0 Å². The third-order valence-electron chi connectivity index (χ3n) is 2.01. The van der Waals surface area contributed by atoms with Gasteiger partial charge in [-0.1, -0.05) is 13.8 Å². The number of ether oxygens (including phenoxy) is 1. The van der Waals surface area contributed by atoms with Gasteiger partial charge in [0.25, 0.3) is 6.43 Å². The maximum absolute atomic E-state index is 13.4. The van der Waals surface area contributed by atoms with E-state index in [0.717, 1.165) is 12.1 Å². The summed E-state index contributed by atoms with van der Waals surface area (Å²) in [6.45, 7) is 2.41. The summed E-state index contributed by atoms with van der Waals surface area (Å²) >= 11 is 0. The van der Waals surface area contributed by atoms with Crippen LogP contribution in [0.2, 0.25) is 0 Å². The van der Waals surface area contributed by atoms with Crippen molar-refractivity contribution in [2.24, 2.45) is 0 Å². The zero-order chi connectivity index (χ0) is 12.3. The Morgan fingerprint density at radius 2 is 1.62 bits per heavy atom.